The van der Waals surface area contributed by atoms with Crippen molar-refractivity contribution in [3.8, 4) is 0 Å². The molecule has 0 aromatic carbocycles. The van der Waals surface area contributed by atoms with E-state index in [1.165, 1.54) is 6.42 Å². The minimum Gasteiger partial charge on any atom is -0.330 e. The summed E-state index contributed by atoms with van der Waals surface area (Å²) in [5.74, 6) is 1.43. The molecule has 6 nitrogen and oxygen atoms in total. The Morgan fingerprint density at radius 3 is 1.57 bits per heavy atom. The van der Waals surface area contributed by atoms with E-state index in [1.807, 2.05) is 0 Å². The maximum atomic E-state index is 6.37. The molecule has 2 aliphatic rings. The number of nitrogens with two attached hydrogens (primary N) is 1. The van der Waals surface area contributed by atoms with Crippen LogP contribution in [0.4, 0.5) is 11.9 Å². The quantitative estimate of drug-likeness (QED) is 0.718. The van der Waals surface area contributed by atoms with E-state index in [2.05, 4.69) is 87.8 Å². The summed E-state index contributed by atoms with van der Waals surface area (Å²) in [6.45, 7) is 18.0. The molecule has 0 aliphatic carbocycles. The number of hydrogen-bond acceptors (Lipinski definition) is 7. The molecule has 2 N–H and O–H groups in total. The lowest BCUT2D eigenvalue weighted by Gasteiger charge is -2.55. The second kappa shape index (κ2) is 6.73. The van der Waals surface area contributed by atoms with Gasteiger partial charge in [0.05, 0.1) is 0 Å². The van der Waals surface area contributed by atoms with E-state index < -0.39 is 0 Å². The molecular weight excluding hydrogens is 368 g/mol. The molecule has 158 valence electrons. The fourth-order valence-electron chi connectivity index (χ4n) is 5.98. The molecule has 2 saturated heterocycles. The Kier molecular flexibility index (Phi) is 5.19. The normalized spacial score (nSPS) is 26.4. The van der Waals surface area contributed by atoms with E-state index in [0.29, 0.717) is 11.1 Å². The van der Waals surface area contributed by atoms with Crippen molar-refractivity contribution in [2.24, 2.45) is 5.73 Å². The molecule has 1 aromatic rings. The van der Waals surface area contributed by atoms with Crippen molar-refractivity contribution < 1.29 is 0 Å². The number of piperidine rings is 2. The van der Waals surface area contributed by atoms with E-state index in [1.54, 1.807) is 0 Å². The van der Waals surface area contributed by atoms with Crippen LogP contribution in [-0.4, -0.2) is 43.1 Å². The molecule has 3 heterocycles. The third-order valence-corrected chi connectivity index (χ3v) is 6.72. The molecule has 0 amide bonds. The lowest BCUT2D eigenvalue weighted by atomic mass is 9.77. The zero-order chi connectivity index (χ0) is 21.1. The number of hydrogen-bond donors (Lipinski definition) is 2. The molecule has 28 heavy (non-hydrogen) atoms. The molecule has 0 radical (unpaired) electrons. The predicted octanol–water partition coefficient (Wildman–Crippen LogP) is 4.19. The van der Waals surface area contributed by atoms with Crippen LogP contribution in [0.25, 0.3) is 0 Å². The Hall–Kier alpha value is -1.08. The van der Waals surface area contributed by atoms with Gasteiger partial charge in [-0.05, 0) is 87.5 Å². The van der Waals surface area contributed by atoms with Crippen molar-refractivity contribution in [2.45, 2.75) is 121 Å². The van der Waals surface area contributed by atoms with E-state index >= 15 is 0 Å². The predicted molar refractivity (Wildman–Crippen MR) is 119 cm³/mol. The first-order valence-electron chi connectivity index (χ1n) is 10.5. The summed E-state index contributed by atoms with van der Waals surface area (Å²) in [4.78, 5) is 19.1. The number of rotatable bonds is 2. The molecule has 0 spiro atoms. The largest absolute Gasteiger partial charge is 0.330 e. The van der Waals surface area contributed by atoms with Crippen LogP contribution in [0.15, 0.2) is 5.16 Å². The van der Waals surface area contributed by atoms with Gasteiger partial charge in [0, 0.05) is 28.2 Å². The van der Waals surface area contributed by atoms with Crippen LogP contribution in [0, 0.1) is 0 Å². The molecule has 2 fully saturated rings. The van der Waals surface area contributed by atoms with Crippen molar-refractivity contribution in [1.29, 1.82) is 0 Å². The third kappa shape index (κ3) is 3.84. The van der Waals surface area contributed by atoms with Gasteiger partial charge >= 0.3 is 0 Å². The fraction of sp³-hybridized carbons (Fsp3) is 0.857. The Morgan fingerprint density at radius 2 is 1.14 bits per heavy atom. The smallest absolute Gasteiger partial charge is 0.232 e. The van der Waals surface area contributed by atoms with E-state index in [0.717, 1.165) is 31.6 Å². The highest BCUT2D eigenvalue weighted by Crippen LogP contribution is 2.43. The van der Waals surface area contributed by atoms with Gasteiger partial charge in [0.1, 0.15) is 0 Å². The topological polar surface area (TPSA) is 71.2 Å². The number of thiol groups is 1. The second-order valence-corrected chi connectivity index (χ2v) is 11.6. The van der Waals surface area contributed by atoms with E-state index in [-0.39, 0.29) is 28.2 Å². The molecule has 2 aliphatic heterocycles. The van der Waals surface area contributed by atoms with Crippen molar-refractivity contribution in [3.05, 3.63) is 0 Å². The third-order valence-electron chi connectivity index (χ3n) is 6.52. The Morgan fingerprint density at radius 1 is 0.750 bits per heavy atom. The number of anilines is 2. The van der Waals surface area contributed by atoms with Gasteiger partial charge in [0.2, 0.25) is 11.9 Å². The summed E-state index contributed by atoms with van der Waals surface area (Å²) in [7, 11) is 0. The van der Waals surface area contributed by atoms with Crippen LogP contribution in [0.2, 0.25) is 0 Å². The van der Waals surface area contributed by atoms with Gasteiger partial charge in [-0.15, -0.1) is 12.6 Å². The van der Waals surface area contributed by atoms with Gasteiger partial charge in [-0.3, -0.25) is 0 Å². The zero-order valence-corrected chi connectivity index (χ0v) is 19.8. The summed E-state index contributed by atoms with van der Waals surface area (Å²) in [5, 5.41) is 0.471. The first-order chi connectivity index (χ1) is 12.7. The van der Waals surface area contributed by atoms with Crippen molar-refractivity contribution in [3.63, 3.8) is 0 Å². The average molecular weight is 407 g/mol. The molecule has 7 heteroatoms. The molecule has 1 aromatic heterocycles. The summed E-state index contributed by atoms with van der Waals surface area (Å²) in [6, 6.07) is 0.179. The molecule has 0 saturated carbocycles. The van der Waals surface area contributed by atoms with Crippen LogP contribution in [0.3, 0.4) is 0 Å². The van der Waals surface area contributed by atoms with Crippen LogP contribution >= 0.6 is 12.6 Å². The minimum atomic E-state index is -0.146. The van der Waals surface area contributed by atoms with E-state index in [9.17, 15) is 0 Å². The summed E-state index contributed by atoms with van der Waals surface area (Å²) in [5.41, 5.74) is 6.04. The van der Waals surface area contributed by atoms with Crippen LogP contribution in [-0.2, 0) is 0 Å². The van der Waals surface area contributed by atoms with Gasteiger partial charge in [0.15, 0.2) is 5.16 Å². The highest BCUT2D eigenvalue weighted by molar-refractivity contribution is 7.80. The van der Waals surface area contributed by atoms with Crippen LogP contribution < -0.4 is 15.5 Å². The van der Waals surface area contributed by atoms with Crippen molar-refractivity contribution >= 4 is 24.5 Å². The summed E-state index contributed by atoms with van der Waals surface area (Å²) in [6.07, 6.45) is 5.26. The molecule has 0 atom stereocenters. The summed E-state index contributed by atoms with van der Waals surface area (Å²) < 4.78 is 0. The van der Waals surface area contributed by atoms with Gasteiger partial charge in [-0.2, -0.15) is 15.0 Å². The number of nitrogens with zero attached hydrogens (tertiary/aromatic N) is 5. The molecule has 3 rings (SSSR count). The van der Waals surface area contributed by atoms with Gasteiger partial charge < -0.3 is 15.5 Å². The first-order valence-corrected chi connectivity index (χ1v) is 10.9. The highest BCUT2D eigenvalue weighted by atomic mass is 32.1. The van der Waals surface area contributed by atoms with Gasteiger partial charge in [-0.25, -0.2) is 0 Å². The average Bonchev–Trinajstić information content (AvgIpc) is 2.40. The molecule has 0 unspecified atom stereocenters. The monoisotopic (exact) mass is 406 g/mol. The van der Waals surface area contributed by atoms with Gasteiger partial charge in [0.25, 0.3) is 0 Å². The maximum absolute atomic E-state index is 6.37. The van der Waals surface area contributed by atoms with Gasteiger partial charge in [-0.1, -0.05) is 0 Å². The second-order valence-electron chi connectivity index (χ2n) is 11.2. The first kappa shape index (κ1) is 21.6. The fourth-order valence-corrected chi connectivity index (χ4v) is 6.16. The Bertz CT molecular complexity index is 708. The van der Waals surface area contributed by atoms with Crippen LogP contribution in [0.1, 0.15) is 87.5 Å². The SMILES string of the molecule is CC1(C)CCCC(C)(C)N1c1nc(S)nc(N2C(C)(C)CC(N)CC2(C)C)n1. The Labute approximate surface area is 176 Å². The summed E-state index contributed by atoms with van der Waals surface area (Å²) >= 11 is 4.57. The number of aromatic nitrogens is 3. The highest BCUT2D eigenvalue weighted by Gasteiger charge is 2.47. The maximum Gasteiger partial charge on any atom is 0.232 e. The lowest BCUT2D eigenvalue weighted by Crippen LogP contribution is -2.64. The zero-order valence-electron chi connectivity index (χ0n) is 18.9. The molecular formula is C21H38N6S. The van der Waals surface area contributed by atoms with Crippen LogP contribution in [0.5, 0.6) is 0 Å². The molecule has 0 bridgehead atoms. The lowest BCUT2D eigenvalue weighted by molar-refractivity contribution is 0.214. The van der Waals surface area contributed by atoms with Crippen molar-refractivity contribution in [2.75, 3.05) is 9.80 Å². The Balaban J connectivity index is 2.12. The van der Waals surface area contributed by atoms with Crippen molar-refractivity contribution in [1.82, 2.24) is 15.0 Å². The minimum absolute atomic E-state index is 0.0180. The van der Waals surface area contributed by atoms with E-state index in [4.69, 9.17) is 10.7 Å². The standard InChI is InChI=1S/C21H38N6S/c1-18(2)10-9-11-19(3,4)26(18)15-23-16(25-17(28)24-15)27-20(5,6)12-14(22)13-21(27,7)8/h14H,9-13,22H2,1-8H3,(H,23,24,25,28).